The van der Waals surface area contributed by atoms with Crippen LogP contribution >= 0.6 is 11.3 Å². The van der Waals surface area contributed by atoms with Gasteiger partial charge in [-0.25, -0.2) is 4.98 Å². The van der Waals surface area contributed by atoms with Crippen molar-refractivity contribution in [2.45, 2.75) is 38.3 Å². The fourth-order valence-electron chi connectivity index (χ4n) is 3.10. The van der Waals surface area contributed by atoms with Gasteiger partial charge in [-0.05, 0) is 50.5 Å². The highest BCUT2D eigenvalue weighted by molar-refractivity contribution is 7.13. The van der Waals surface area contributed by atoms with Gasteiger partial charge < -0.3 is 14.7 Å². The van der Waals surface area contributed by atoms with Gasteiger partial charge in [0.15, 0.2) is 0 Å². The molecule has 2 aromatic rings. The lowest BCUT2D eigenvalue weighted by Gasteiger charge is -2.37. The summed E-state index contributed by atoms with van der Waals surface area (Å²) in [7, 11) is 1.63. The van der Waals surface area contributed by atoms with Gasteiger partial charge in [0.25, 0.3) is 5.91 Å². The van der Waals surface area contributed by atoms with Gasteiger partial charge in [0.2, 0.25) is 0 Å². The van der Waals surface area contributed by atoms with E-state index in [9.17, 15) is 9.90 Å². The van der Waals surface area contributed by atoms with Crippen LogP contribution < -0.4 is 4.74 Å². The van der Waals surface area contributed by atoms with Crippen molar-refractivity contribution in [1.82, 2.24) is 9.88 Å². The van der Waals surface area contributed by atoms with E-state index in [1.165, 1.54) is 11.3 Å². The van der Waals surface area contributed by atoms with Gasteiger partial charge in [-0.2, -0.15) is 0 Å². The van der Waals surface area contributed by atoms with Crippen LogP contribution in [-0.2, 0) is 0 Å². The van der Waals surface area contributed by atoms with Gasteiger partial charge in [-0.3, -0.25) is 4.79 Å². The van der Waals surface area contributed by atoms with Crippen LogP contribution in [0.4, 0.5) is 0 Å². The molecule has 1 amide bonds. The largest absolute Gasteiger partial charge is 0.497 e. The molecular formula is C18H22N2O3S. The Kier molecular flexibility index (Phi) is 5.16. The van der Waals surface area contributed by atoms with Gasteiger partial charge >= 0.3 is 0 Å². The number of thiazole rings is 1. The van der Waals surface area contributed by atoms with Crippen LogP contribution in [0.15, 0.2) is 29.6 Å². The smallest absolute Gasteiger partial charge is 0.273 e. The number of carbonyl (C=O) groups excluding carboxylic acids is 1. The van der Waals surface area contributed by atoms with E-state index < -0.39 is 6.10 Å². The molecule has 3 rings (SSSR count). The maximum atomic E-state index is 12.8. The van der Waals surface area contributed by atoms with Crippen molar-refractivity contribution in [1.29, 1.82) is 0 Å². The van der Waals surface area contributed by atoms with Crippen molar-refractivity contribution in [2.75, 3.05) is 13.7 Å². The Balaban J connectivity index is 1.79. The maximum absolute atomic E-state index is 12.8. The van der Waals surface area contributed by atoms with E-state index in [-0.39, 0.29) is 11.9 Å². The summed E-state index contributed by atoms with van der Waals surface area (Å²) >= 11 is 1.46. The van der Waals surface area contributed by atoms with E-state index >= 15 is 0 Å². The average molecular weight is 346 g/mol. The van der Waals surface area contributed by atoms with Gasteiger partial charge in [-0.1, -0.05) is 0 Å². The molecule has 2 atom stereocenters. The molecule has 0 radical (unpaired) electrons. The standard InChI is InChI=1S/C18H22N2O3S/c1-12(21)16-5-3-4-10-20(16)18(22)15-11-24-17(19-15)13-6-8-14(23-2)9-7-13/h6-9,11-12,16,21H,3-5,10H2,1-2H3. The zero-order valence-corrected chi connectivity index (χ0v) is 14.8. The normalized spacial score (nSPS) is 19.1. The molecule has 1 N–H and O–H groups in total. The molecule has 1 aliphatic heterocycles. The molecular weight excluding hydrogens is 324 g/mol. The predicted octanol–water partition coefficient (Wildman–Crippen LogP) is 3.19. The van der Waals surface area contributed by atoms with E-state index in [0.29, 0.717) is 12.2 Å². The van der Waals surface area contributed by atoms with Crippen molar-refractivity contribution in [2.24, 2.45) is 0 Å². The van der Waals surface area contributed by atoms with Crippen molar-refractivity contribution >= 4 is 17.2 Å². The van der Waals surface area contributed by atoms with Gasteiger partial charge in [0.05, 0.1) is 19.3 Å². The number of methoxy groups -OCH3 is 1. The Morgan fingerprint density at radius 2 is 2.12 bits per heavy atom. The number of ether oxygens (including phenoxy) is 1. The number of piperidine rings is 1. The van der Waals surface area contributed by atoms with Crippen LogP contribution in [0.1, 0.15) is 36.7 Å². The summed E-state index contributed by atoms with van der Waals surface area (Å²) in [6, 6.07) is 7.52. The molecule has 0 bridgehead atoms. The van der Waals surface area contributed by atoms with E-state index in [1.54, 1.807) is 24.3 Å². The van der Waals surface area contributed by atoms with Crippen LogP contribution in [0.3, 0.4) is 0 Å². The summed E-state index contributed by atoms with van der Waals surface area (Å²) in [6.45, 7) is 2.43. The lowest BCUT2D eigenvalue weighted by Crippen LogP contribution is -2.49. The van der Waals surface area contributed by atoms with Crippen LogP contribution in [0, 0.1) is 0 Å². The fourth-order valence-corrected chi connectivity index (χ4v) is 3.90. The Morgan fingerprint density at radius 3 is 2.79 bits per heavy atom. The number of aliphatic hydroxyl groups is 1. The number of nitrogens with zero attached hydrogens (tertiary/aromatic N) is 2. The zero-order chi connectivity index (χ0) is 17.1. The molecule has 1 saturated heterocycles. The van der Waals surface area contributed by atoms with Crippen molar-refractivity contribution in [3.8, 4) is 16.3 Å². The van der Waals surface area contributed by atoms with E-state index in [2.05, 4.69) is 4.98 Å². The Bertz CT molecular complexity index is 697. The monoisotopic (exact) mass is 346 g/mol. The second-order valence-electron chi connectivity index (χ2n) is 6.07. The van der Waals surface area contributed by atoms with Crippen molar-refractivity contribution in [3.63, 3.8) is 0 Å². The number of rotatable bonds is 4. The van der Waals surface area contributed by atoms with E-state index in [1.807, 2.05) is 24.3 Å². The van der Waals surface area contributed by atoms with E-state index in [0.717, 1.165) is 35.6 Å². The number of hydrogen-bond acceptors (Lipinski definition) is 5. The van der Waals surface area contributed by atoms with Crippen molar-refractivity contribution < 1.29 is 14.6 Å². The molecule has 1 aliphatic rings. The topological polar surface area (TPSA) is 62.7 Å². The molecule has 0 spiro atoms. The highest BCUT2D eigenvalue weighted by atomic mass is 32.1. The minimum Gasteiger partial charge on any atom is -0.497 e. The summed E-state index contributed by atoms with van der Waals surface area (Å²) in [5, 5.41) is 12.6. The lowest BCUT2D eigenvalue weighted by molar-refractivity contribution is 0.0277. The predicted molar refractivity (Wildman–Crippen MR) is 94.5 cm³/mol. The minimum absolute atomic E-state index is 0.0865. The molecule has 0 saturated carbocycles. The highest BCUT2D eigenvalue weighted by Gasteiger charge is 2.31. The van der Waals surface area contributed by atoms with Crippen molar-refractivity contribution in [3.05, 3.63) is 35.3 Å². The second kappa shape index (κ2) is 7.32. The molecule has 2 heterocycles. The number of benzene rings is 1. The van der Waals surface area contributed by atoms with Crippen LogP contribution in [0.2, 0.25) is 0 Å². The second-order valence-corrected chi connectivity index (χ2v) is 6.93. The molecule has 24 heavy (non-hydrogen) atoms. The summed E-state index contributed by atoms with van der Waals surface area (Å²) in [4.78, 5) is 19.1. The van der Waals surface area contributed by atoms with Gasteiger partial charge in [-0.15, -0.1) is 11.3 Å². The van der Waals surface area contributed by atoms with Crippen LogP contribution in [0.25, 0.3) is 10.6 Å². The van der Waals surface area contributed by atoms with E-state index in [4.69, 9.17) is 4.74 Å². The third kappa shape index (κ3) is 3.44. The average Bonchev–Trinajstić information content (AvgIpc) is 3.11. The molecule has 1 aromatic carbocycles. The summed E-state index contributed by atoms with van der Waals surface area (Å²) in [6.07, 6.45) is 2.35. The first-order chi connectivity index (χ1) is 11.6. The number of aromatic nitrogens is 1. The molecule has 2 unspecified atom stereocenters. The Hall–Kier alpha value is -1.92. The molecule has 5 nitrogen and oxygen atoms in total. The third-order valence-corrected chi connectivity index (χ3v) is 5.32. The maximum Gasteiger partial charge on any atom is 0.273 e. The third-order valence-electron chi connectivity index (χ3n) is 4.43. The SMILES string of the molecule is COc1ccc(-c2nc(C(=O)N3CCCCC3C(C)O)cs2)cc1. The number of carbonyl (C=O) groups is 1. The van der Waals surface area contributed by atoms with Gasteiger partial charge in [0, 0.05) is 17.5 Å². The molecule has 0 aliphatic carbocycles. The van der Waals surface area contributed by atoms with Crippen LogP contribution in [0.5, 0.6) is 5.75 Å². The summed E-state index contributed by atoms with van der Waals surface area (Å²) < 4.78 is 5.16. The quantitative estimate of drug-likeness (QED) is 0.923. The molecule has 128 valence electrons. The summed E-state index contributed by atoms with van der Waals surface area (Å²) in [5.41, 5.74) is 1.42. The Labute approximate surface area is 145 Å². The molecule has 6 heteroatoms. The van der Waals surface area contributed by atoms with Crippen LogP contribution in [-0.4, -0.2) is 46.7 Å². The highest BCUT2D eigenvalue weighted by Crippen LogP contribution is 2.28. The Morgan fingerprint density at radius 1 is 1.38 bits per heavy atom. The fraction of sp³-hybridized carbons (Fsp3) is 0.444. The number of amides is 1. The first-order valence-electron chi connectivity index (χ1n) is 8.19. The first kappa shape index (κ1) is 16.9. The minimum atomic E-state index is -0.519. The summed E-state index contributed by atoms with van der Waals surface area (Å²) in [5.74, 6) is 0.705. The lowest BCUT2D eigenvalue weighted by atomic mass is 9.98. The van der Waals surface area contributed by atoms with Gasteiger partial charge in [0.1, 0.15) is 16.5 Å². The zero-order valence-electron chi connectivity index (χ0n) is 13.9. The molecule has 1 fully saturated rings. The molecule has 1 aromatic heterocycles. The number of hydrogen-bond donors (Lipinski definition) is 1. The number of likely N-dealkylation sites (tertiary alicyclic amines) is 1. The number of aliphatic hydroxyl groups excluding tert-OH is 1. The first-order valence-corrected chi connectivity index (χ1v) is 9.07.